The maximum absolute atomic E-state index is 11.0. The lowest BCUT2D eigenvalue weighted by Crippen LogP contribution is -2.04. The predicted octanol–water partition coefficient (Wildman–Crippen LogP) is 5.43. The molecule has 150 valence electrons. The Kier molecular flexibility index (Phi) is 5.58. The third-order valence-corrected chi connectivity index (χ3v) is 5.54. The molecule has 0 fully saturated rings. The van der Waals surface area contributed by atoms with E-state index in [1.54, 1.807) is 0 Å². The van der Waals surface area contributed by atoms with Crippen LogP contribution in [0.4, 0.5) is 0 Å². The lowest BCUT2D eigenvalue weighted by Gasteiger charge is -2.10. The zero-order chi connectivity index (χ0) is 20.4. The Labute approximate surface area is 174 Å². The van der Waals surface area contributed by atoms with Crippen molar-refractivity contribution in [3.05, 3.63) is 70.1 Å². The molecule has 0 aliphatic heterocycles. The first kappa shape index (κ1) is 19.5. The molecule has 1 aliphatic rings. The van der Waals surface area contributed by atoms with Crippen molar-refractivity contribution in [3.8, 4) is 17.2 Å². The highest BCUT2D eigenvalue weighted by molar-refractivity contribution is 6.30. The van der Waals surface area contributed by atoms with E-state index in [1.807, 2.05) is 49.4 Å². The molecule has 0 radical (unpaired) electrons. The van der Waals surface area contributed by atoms with Crippen molar-refractivity contribution in [2.45, 2.75) is 38.5 Å². The Bertz CT molecular complexity index is 1040. The number of carboxylic acid groups (broad SMARTS) is 1. The van der Waals surface area contributed by atoms with Gasteiger partial charge in [0.2, 0.25) is 5.89 Å². The maximum Gasteiger partial charge on any atom is 0.303 e. The molecule has 6 heteroatoms. The number of ether oxygens (including phenoxy) is 1. The first-order valence-corrected chi connectivity index (χ1v) is 10.1. The van der Waals surface area contributed by atoms with Crippen molar-refractivity contribution < 1.29 is 19.1 Å². The lowest BCUT2D eigenvalue weighted by atomic mass is 9.98. The van der Waals surface area contributed by atoms with Crippen molar-refractivity contribution in [1.29, 1.82) is 0 Å². The SMILES string of the molecule is Cc1oc(-c2cccc(Cl)c2)nc1CCOc1ccc2c(c1)CC[C@@H]2CC(=O)O. The molecule has 0 unspecified atom stereocenters. The predicted molar refractivity (Wildman–Crippen MR) is 111 cm³/mol. The molecule has 29 heavy (non-hydrogen) atoms. The van der Waals surface area contributed by atoms with Crippen molar-refractivity contribution >= 4 is 17.6 Å². The average molecular weight is 412 g/mol. The summed E-state index contributed by atoms with van der Waals surface area (Å²) < 4.78 is 11.7. The molecule has 1 aliphatic carbocycles. The van der Waals surface area contributed by atoms with Gasteiger partial charge in [-0.1, -0.05) is 23.7 Å². The second-order valence-electron chi connectivity index (χ2n) is 7.32. The number of nitrogens with zero attached hydrogens (tertiary/aromatic N) is 1. The molecular weight excluding hydrogens is 390 g/mol. The number of carbonyl (C=O) groups is 1. The fraction of sp³-hybridized carbons (Fsp3) is 0.304. The Hall–Kier alpha value is -2.79. The third kappa shape index (κ3) is 4.46. The van der Waals surface area contributed by atoms with E-state index in [2.05, 4.69) is 4.98 Å². The van der Waals surface area contributed by atoms with Crippen LogP contribution >= 0.6 is 11.6 Å². The van der Waals surface area contributed by atoms with Gasteiger partial charge in [0.05, 0.1) is 18.7 Å². The van der Waals surface area contributed by atoms with Gasteiger partial charge in [0.15, 0.2) is 0 Å². The second-order valence-corrected chi connectivity index (χ2v) is 7.76. The number of fused-ring (bicyclic) bond motifs is 1. The molecule has 0 spiro atoms. The maximum atomic E-state index is 11.0. The van der Waals surface area contributed by atoms with Crippen LogP contribution in [0.25, 0.3) is 11.5 Å². The van der Waals surface area contributed by atoms with E-state index in [0.29, 0.717) is 23.9 Å². The molecule has 0 saturated heterocycles. The molecule has 1 aromatic heterocycles. The first-order chi connectivity index (χ1) is 14.0. The molecule has 1 N–H and O–H groups in total. The van der Waals surface area contributed by atoms with E-state index in [1.165, 1.54) is 5.56 Å². The van der Waals surface area contributed by atoms with Gasteiger partial charge in [0.25, 0.3) is 0 Å². The zero-order valence-electron chi connectivity index (χ0n) is 16.2. The fourth-order valence-electron chi connectivity index (χ4n) is 3.87. The second kappa shape index (κ2) is 8.29. The van der Waals surface area contributed by atoms with Crippen LogP contribution in [-0.2, 0) is 17.6 Å². The molecule has 0 saturated carbocycles. The normalized spacial score (nSPS) is 15.3. The van der Waals surface area contributed by atoms with Crippen LogP contribution in [0.2, 0.25) is 5.02 Å². The van der Waals surface area contributed by atoms with Gasteiger partial charge in [-0.05, 0) is 67.1 Å². The summed E-state index contributed by atoms with van der Waals surface area (Å²) in [5, 5.41) is 9.69. The van der Waals surface area contributed by atoms with Crippen molar-refractivity contribution in [1.82, 2.24) is 4.98 Å². The number of benzene rings is 2. The largest absolute Gasteiger partial charge is 0.493 e. The van der Waals surface area contributed by atoms with Crippen LogP contribution in [0, 0.1) is 6.92 Å². The number of hydrogen-bond acceptors (Lipinski definition) is 4. The molecule has 5 nitrogen and oxygen atoms in total. The number of aliphatic carboxylic acids is 1. The number of aryl methyl sites for hydroxylation is 2. The average Bonchev–Trinajstić information content (AvgIpc) is 3.25. The van der Waals surface area contributed by atoms with Crippen LogP contribution in [0.5, 0.6) is 5.75 Å². The van der Waals surface area contributed by atoms with E-state index < -0.39 is 5.97 Å². The lowest BCUT2D eigenvalue weighted by molar-refractivity contribution is -0.137. The van der Waals surface area contributed by atoms with E-state index in [-0.39, 0.29) is 12.3 Å². The Morgan fingerprint density at radius 2 is 2.17 bits per heavy atom. The fourth-order valence-corrected chi connectivity index (χ4v) is 4.06. The van der Waals surface area contributed by atoms with Gasteiger partial charge in [0.1, 0.15) is 11.5 Å². The number of halogens is 1. The number of carboxylic acids is 1. The molecule has 3 aromatic rings. The smallest absolute Gasteiger partial charge is 0.303 e. The molecule has 4 rings (SSSR count). The van der Waals surface area contributed by atoms with Crippen LogP contribution in [0.3, 0.4) is 0 Å². The van der Waals surface area contributed by atoms with Gasteiger partial charge >= 0.3 is 5.97 Å². The molecular formula is C23H22ClNO4. The van der Waals surface area contributed by atoms with Crippen molar-refractivity contribution in [2.75, 3.05) is 6.61 Å². The van der Waals surface area contributed by atoms with Crippen molar-refractivity contribution in [2.24, 2.45) is 0 Å². The minimum atomic E-state index is -0.747. The van der Waals surface area contributed by atoms with Gasteiger partial charge in [-0.15, -0.1) is 0 Å². The molecule has 1 heterocycles. The Balaban J connectivity index is 1.38. The minimum Gasteiger partial charge on any atom is -0.493 e. The van der Waals surface area contributed by atoms with Gasteiger partial charge in [0, 0.05) is 17.0 Å². The van der Waals surface area contributed by atoms with Crippen LogP contribution in [0.15, 0.2) is 46.9 Å². The summed E-state index contributed by atoms with van der Waals surface area (Å²) in [6, 6.07) is 13.4. The first-order valence-electron chi connectivity index (χ1n) is 9.69. The molecule has 0 bridgehead atoms. The van der Waals surface area contributed by atoms with Crippen molar-refractivity contribution in [3.63, 3.8) is 0 Å². The zero-order valence-corrected chi connectivity index (χ0v) is 16.9. The molecule has 2 aromatic carbocycles. The van der Waals surface area contributed by atoms with E-state index >= 15 is 0 Å². The summed E-state index contributed by atoms with van der Waals surface area (Å²) in [6.45, 7) is 2.38. The molecule has 1 atom stereocenters. The summed E-state index contributed by atoms with van der Waals surface area (Å²) in [6.07, 6.45) is 2.60. The van der Waals surface area contributed by atoms with E-state index in [9.17, 15) is 4.79 Å². The number of hydrogen-bond donors (Lipinski definition) is 1. The summed E-state index contributed by atoms with van der Waals surface area (Å²) in [7, 11) is 0. The number of rotatable bonds is 7. The quantitative estimate of drug-likeness (QED) is 0.561. The van der Waals surface area contributed by atoms with Crippen LogP contribution in [0.1, 0.15) is 41.3 Å². The van der Waals surface area contributed by atoms with Gasteiger partial charge in [-0.3, -0.25) is 4.79 Å². The summed E-state index contributed by atoms with van der Waals surface area (Å²) in [5.41, 5.74) is 4.04. The third-order valence-electron chi connectivity index (χ3n) is 5.31. The van der Waals surface area contributed by atoms with E-state index in [0.717, 1.165) is 41.2 Å². The van der Waals surface area contributed by atoms with Crippen LogP contribution in [-0.4, -0.2) is 22.7 Å². The standard InChI is InChI=1S/C23H22ClNO4/c1-14-21(25-23(29-14)17-3-2-4-18(24)11-17)9-10-28-19-7-8-20-15(12-19)5-6-16(20)13-22(26)27/h2-4,7-8,11-12,16H,5-6,9-10,13H2,1H3,(H,26,27)/t16-/m1/s1. The topological polar surface area (TPSA) is 72.6 Å². The Morgan fingerprint density at radius 3 is 2.97 bits per heavy atom. The number of oxazole rings is 1. The molecule has 0 amide bonds. The highest BCUT2D eigenvalue weighted by Gasteiger charge is 2.24. The summed E-state index contributed by atoms with van der Waals surface area (Å²) in [5.74, 6) is 1.49. The summed E-state index contributed by atoms with van der Waals surface area (Å²) in [4.78, 5) is 15.6. The minimum absolute atomic E-state index is 0.110. The van der Waals surface area contributed by atoms with Gasteiger partial charge in [-0.25, -0.2) is 4.98 Å². The van der Waals surface area contributed by atoms with E-state index in [4.69, 9.17) is 25.9 Å². The summed E-state index contributed by atoms with van der Waals surface area (Å²) >= 11 is 6.05. The Morgan fingerprint density at radius 1 is 1.31 bits per heavy atom. The van der Waals surface area contributed by atoms with Crippen LogP contribution < -0.4 is 4.74 Å². The highest BCUT2D eigenvalue weighted by atomic mass is 35.5. The number of aromatic nitrogens is 1. The van der Waals surface area contributed by atoms with Gasteiger partial charge < -0.3 is 14.3 Å². The van der Waals surface area contributed by atoms with Gasteiger partial charge in [-0.2, -0.15) is 0 Å². The highest BCUT2D eigenvalue weighted by Crippen LogP contribution is 2.37. The monoisotopic (exact) mass is 411 g/mol.